The van der Waals surface area contributed by atoms with Gasteiger partial charge in [-0.15, -0.1) is 11.3 Å². The molecule has 0 saturated heterocycles. The predicted molar refractivity (Wildman–Crippen MR) is 75.5 cm³/mol. The Morgan fingerprint density at radius 1 is 1.56 bits per heavy atom. The van der Waals surface area contributed by atoms with Crippen molar-refractivity contribution in [2.45, 2.75) is 19.0 Å². The highest BCUT2D eigenvalue weighted by atomic mass is 79.9. The predicted octanol–water partition coefficient (Wildman–Crippen LogP) is 2.25. The number of halogens is 1. The van der Waals surface area contributed by atoms with Crippen molar-refractivity contribution in [1.29, 1.82) is 0 Å². The molecule has 3 N–H and O–H groups in total. The maximum Gasteiger partial charge on any atom is 0.315 e. The summed E-state index contributed by atoms with van der Waals surface area (Å²) in [7, 11) is 0. The minimum Gasteiger partial charge on any atom is -0.396 e. The van der Waals surface area contributed by atoms with Crippen molar-refractivity contribution in [1.82, 2.24) is 10.6 Å². The summed E-state index contributed by atoms with van der Waals surface area (Å²) in [5.74, 6) is 0.168. The quantitative estimate of drug-likeness (QED) is 0.741. The zero-order valence-corrected chi connectivity index (χ0v) is 12.1. The molecule has 0 saturated carbocycles. The first-order chi connectivity index (χ1) is 8.69. The van der Waals surface area contributed by atoms with Gasteiger partial charge in [-0.1, -0.05) is 12.2 Å². The number of thiophene rings is 1. The summed E-state index contributed by atoms with van der Waals surface area (Å²) in [6.45, 7) is 0.647. The fraction of sp³-hybridized carbons (Fsp3) is 0.417. The van der Waals surface area contributed by atoms with Crippen molar-refractivity contribution in [2.24, 2.45) is 5.92 Å². The lowest BCUT2D eigenvalue weighted by atomic mass is 10.1. The van der Waals surface area contributed by atoms with Gasteiger partial charge in [0.2, 0.25) is 0 Å². The molecule has 1 aliphatic rings. The van der Waals surface area contributed by atoms with E-state index in [0.29, 0.717) is 6.54 Å². The Morgan fingerprint density at radius 3 is 3.00 bits per heavy atom. The zero-order chi connectivity index (χ0) is 13.0. The molecule has 1 aliphatic carbocycles. The van der Waals surface area contributed by atoms with Crippen LogP contribution in [0.3, 0.4) is 0 Å². The van der Waals surface area contributed by atoms with Crippen LogP contribution < -0.4 is 10.6 Å². The lowest BCUT2D eigenvalue weighted by Gasteiger charge is -2.13. The highest BCUT2D eigenvalue weighted by Crippen LogP contribution is 2.23. The minimum absolute atomic E-state index is 0.0214. The Hall–Kier alpha value is -0.850. The van der Waals surface area contributed by atoms with Gasteiger partial charge in [0.25, 0.3) is 0 Å². The number of carbonyl (C=O) groups excluding carboxylic acids is 1. The van der Waals surface area contributed by atoms with E-state index in [0.717, 1.165) is 15.8 Å². The number of aliphatic hydroxyl groups is 1. The molecule has 98 valence electrons. The maximum absolute atomic E-state index is 11.7. The average molecular weight is 331 g/mol. The van der Waals surface area contributed by atoms with Crippen molar-refractivity contribution in [2.75, 3.05) is 6.61 Å². The Labute approximate surface area is 118 Å². The Kier molecular flexibility index (Phi) is 4.79. The molecular formula is C12H15BrN2O2S. The summed E-state index contributed by atoms with van der Waals surface area (Å²) in [5, 5.41) is 16.7. The van der Waals surface area contributed by atoms with E-state index in [1.54, 1.807) is 11.3 Å². The van der Waals surface area contributed by atoms with Crippen LogP contribution in [0.1, 0.15) is 12.0 Å². The molecule has 0 spiro atoms. The molecule has 2 atom stereocenters. The number of hydrogen-bond acceptors (Lipinski definition) is 3. The van der Waals surface area contributed by atoms with Crippen LogP contribution in [0, 0.1) is 5.92 Å². The summed E-state index contributed by atoms with van der Waals surface area (Å²) >= 11 is 5.03. The van der Waals surface area contributed by atoms with E-state index in [2.05, 4.69) is 26.6 Å². The molecule has 18 heavy (non-hydrogen) atoms. The van der Waals surface area contributed by atoms with E-state index < -0.39 is 0 Å². The first-order valence-corrected chi connectivity index (χ1v) is 7.41. The molecule has 1 aromatic heterocycles. The second-order valence-electron chi connectivity index (χ2n) is 4.22. The van der Waals surface area contributed by atoms with Crippen molar-refractivity contribution in [3.8, 4) is 0 Å². The molecule has 1 aromatic rings. The van der Waals surface area contributed by atoms with Gasteiger partial charge in [-0.05, 0) is 39.4 Å². The normalized spacial score (nSPS) is 22.1. The van der Waals surface area contributed by atoms with Gasteiger partial charge in [-0.25, -0.2) is 4.79 Å². The largest absolute Gasteiger partial charge is 0.396 e. The van der Waals surface area contributed by atoms with E-state index >= 15 is 0 Å². The molecular weight excluding hydrogens is 316 g/mol. The molecule has 0 aliphatic heterocycles. The molecule has 0 fully saturated rings. The van der Waals surface area contributed by atoms with Gasteiger partial charge < -0.3 is 15.7 Å². The SMILES string of the molecule is O=C(NCc1ccsc1Br)N[C@@H]1C=C[C@H](CO)C1. The molecule has 2 rings (SSSR count). The Morgan fingerprint density at radius 2 is 2.39 bits per heavy atom. The molecule has 0 bridgehead atoms. The molecule has 1 heterocycles. The van der Waals surface area contributed by atoms with Crippen LogP contribution in [-0.4, -0.2) is 23.8 Å². The summed E-state index contributed by atoms with van der Waals surface area (Å²) in [6, 6.07) is 1.82. The van der Waals surface area contributed by atoms with Gasteiger partial charge in [0.05, 0.1) is 3.79 Å². The molecule has 0 aromatic carbocycles. The second-order valence-corrected chi connectivity index (χ2v) is 6.45. The molecule has 0 unspecified atom stereocenters. The first kappa shape index (κ1) is 13.6. The smallest absolute Gasteiger partial charge is 0.315 e. The van der Waals surface area contributed by atoms with Crippen LogP contribution in [0.15, 0.2) is 27.4 Å². The topological polar surface area (TPSA) is 61.4 Å². The third kappa shape index (κ3) is 3.57. The molecule has 6 heteroatoms. The van der Waals surface area contributed by atoms with Crippen LogP contribution in [0.5, 0.6) is 0 Å². The van der Waals surface area contributed by atoms with Crippen molar-refractivity contribution in [3.05, 3.63) is 32.9 Å². The number of amides is 2. The van der Waals surface area contributed by atoms with Crippen LogP contribution in [0.2, 0.25) is 0 Å². The third-order valence-electron chi connectivity index (χ3n) is 2.86. The van der Waals surface area contributed by atoms with E-state index in [9.17, 15) is 4.79 Å². The van der Waals surface area contributed by atoms with Gasteiger partial charge in [0, 0.05) is 25.1 Å². The number of rotatable bonds is 4. The lowest BCUT2D eigenvalue weighted by molar-refractivity contribution is 0.231. The monoisotopic (exact) mass is 330 g/mol. The fourth-order valence-corrected chi connectivity index (χ4v) is 3.10. The number of nitrogens with one attached hydrogen (secondary N) is 2. The molecule has 4 nitrogen and oxygen atoms in total. The van der Waals surface area contributed by atoms with Crippen LogP contribution in [0.4, 0.5) is 4.79 Å². The fourth-order valence-electron chi connectivity index (χ4n) is 1.86. The Balaban J connectivity index is 1.73. The number of hydrogen-bond donors (Lipinski definition) is 3. The van der Waals surface area contributed by atoms with Gasteiger partial charge in [0.1, 0.15) is 0 Å². The van der Waals surface area contributed by atoms with Crippen molar-refractivity contribution < 1.29 is 9.90 Å². The van der Waals surface area contributed by atoms with Gasteiger partial charge >= 0.3 is 6.03 Å². The van der Waals surface area contributed by atoms with Gasteiger partial charge in [-0.3, -0.25) is 0 Å². The van der Waals surface area contributed by atoms with Crippen LogP contribution >= 0.6 is 27.3 Å². The standard InChI is InChI=1S/C12H15BrN2O2S/c13-11-9(3-4-18-11)6-14-12(17)15-10-2-1-8(5-10)7-16/h1-4,8,10,16H,5-7H2,(H2,14,15,17)/t8-,10+/m0/s1. The number of aliphatic hydroxyl groups excluding tert-OH is 1. The highest BCUT2D eigenvalue weighted by molar-refractivity contribution is 9.11. The van der Waals surface area contributed by atoms with E-state index in [1.807, 2.05) is 23.6 Å². The summed E-state index contributed by atoms with van der Waals surface area (Å²) in [6.07, 6.45) is 4.65. The van der Waals surface area contributed by atoms with Gasteiger partial charge in [-0.2, -0.15) is 0 Å². The highest BCUT2D eigenvalue weighted by Gasteiger charge is 2.19. The summed E-state index contributed by atoms with van der Waals surface area (Å²) in [5.41, 5.74) is 1.07. The minimum atomic E-state index is -0.179. The van der Waals surface area contributed by atoms with Crippen LogP contribution in [0.25, 0.3) is 0 Å². The Bertz CT molecular complexity index is 447. The summed E-state index contributed by atoms with van der Waals surface area (Å²) in [4.78, 5) is 11.7. The van der Waals surface area contributed by atoms with E-state index in [4.69, 9.17) is 5.11 Å². The third-order valence-corrected chi connectivity index (χ3v) is 4.67. The second kappa shape index (κ2) is 6.36. The molecule has 0 radical (unpaired) electrons. The lowest BCUT2D eigenvalue weighted by Crippen LogP contribution is -2.40. The van der Waals surface area contributed by atoms with E-state index in [1.165, 1.54) is 0 Å². The van der Waals surface area contributed by atoms with Crippen molar-refractivity contribution in [3.63, 3.8) is 0 Å². The molecule has 2 amide bonds. The number of urea groups is 1. The van der Waals surface area contributed by atoms with Gasteiger partial charge in [0.15, 0.2) is 0 Å². The first-order valence-electron chi connectivity index (χ1n) is 5.74. The zero-order valence-electron chi connectivity index (χ0n) is 9.73. The average Bonchev–Trinajstić information content (AvgIpc) is 2.96. The van der Waals surface area contributed by atoms with Crippen molar-refractivity contribution >= 4 is 33.3 Å². The maximum atomic E-state index is 11.7. The summed E-state index contributed by atoms with van der Waals surface area (Å²) < 4.78 is 1.05. The van der Waals surface area contributed by atoms with E-state index in [-0.39, 0.29) is 24.6 Å². The number of carbonyl (C=O) groups is 1. The van der Waals surface area contributed by atoms with Crippen LogP contribution in [-0.2, 0) is 6.54 Å².